The van der Waals surface area contributed by atoms with Crippen LogP contribution < -0.4 is 16.0 Å². The lowest BCUT2D eigenvalue weighted by Gasteiger charge is -2.19. The van der Waals surface area contributed by atoms with Crippen molar-refractivity contribution in [3.05, 3.63) is 65.0 Å². The molecule has 2 aromatic carbocycles. The number of amides is 3. The maximum atomic E-state index is 12.7. The third-order valence-corrected chi connectivity index (χ3v) is 5.02. The van der Waals surface area contributed by atoms with Gasteiger partial charge in [0.25, 0.3) is 5.91 Å². The van der Waals surface area contributed by atoms with Crippen LogP contribution in [0.2, 0.25) is 0 Å². The Morgan fingerprint density at radius 1 is 0.914 bits per heavy atom. The van der Waals surface area contributed by atoms with Crippen molar-refractivity contribution in [3.8, 4) is 0 Å². The molecule has 0 atom stereocenters. The zero-order valence-electron chi connectivity index (χ0n) is 20.7. The quantitative estimate of drug-likeness (QED) is 0.472. The second-order valence-corrected chi connectivity index (χ2v) is 9.21. The van der Waals surface area contributed by atoms with Gasteiger partial charge in [0.05, 0.1) is 22.4 Å². The van der Waals surface area contributed by atoms with E-state index < -0.39 is 11.7 Å². The van der Waals surface area contributed by atoms with Crippen LogP contribution in [0.25, 0.3) is 11.0 Å². The minimum atomic E-state index is -0.594. The Morgan fingerprint density at radius 2 is 1.63 bits per heavy atom. The van der Waals surface area contributed by atoms with E-state index in [1.165, 1.54) is 0 Å². The predicted octanol–water partition coefficient (Wildman–Crippen LogP) is 4.03. The second kappa shape index (κ2) is 10.9. The van der Waals surface area contributed by atoms with Gasteiger partial charge in [-0.3, -0.25) is 9.59 Å². The molecule has 9 nitrogen and oxygen atoms in total. The minimum absolute atomic E-state index is 0.101. The first-order valence-corrected chi connectivity index (χ1v) is 11.4. The highest BCUT2D eigenvalue weighted by Gasteiger charge is 2.16. The highest BCUT2D eigenvalue weighted by atomic mass is 16.6. The Labute approximate surface area is 204 Å². The molecule has 0 aliphatic carbocycles. The summed E-state index contributed by atoms with van der Waals surface area (Å²) in [5, 5.41) is 8.24. The van der Waals surface area contributed by atoms with Crippen LogP contribution in [0.15, 0.2) is 42.5 Å². The number of rotatable bonds is 7. The largest absolute Gasteiger partial charge is 0.444 e. The fourth-order valence-electron chi connectivity index (χ4n) is 3.23. The number of nitrogens with one attached hydrogen (secondary N) is 3. The molecule has 184 valence electrons. The third-order valence-electron chi connectivity index (χ3n) is 5.02. The number of nitrogens with zero attached hydrogens (tertiary/aromatic N) is 2. The molecule has 0 saturated carbocycles. The van der Waals surface area contributed by atoms with E-state index in [9.17, 15) is 14.4 Å². The van der Waals surface area contributed by atoms with Crippen molar-refractivity contribution in [2.45, 2.75) is 53.2 Å². The van der Waals surface area contributed by atoms with Crippen molar-refractivity contribution in [3.63, 3.8) is 0 Å². The van der Waals surface area contributed by atoms with Gasteiger partial charge in [0.15, 0.2) is 0 Å². The Bertz CT molecular complexity index is 1250. The van der Waals surface area contributed by atoms with Gasteiger partial charge >= 0.3 is 6.09 Å². The Kier molecular flexibility index (Phi) is 8.01. The number of hydrogen-bond acceptors (Lipinski definition) is 6. The fourth-order valence-corrected chi connectivity index (χ4v) is 3.23. The van der Waals surface area contributed by atoms with Crippen LogP contribution in [0, 0.1) is 13.8 Å². The molecule has 1 aromatic heterocycles. The highest BCUT2D eigenvalue weighted by Crippen LogP contribution is 2.15. The van der Waals surface area contributed by atoms with E-state index in [0.29, 0.717) is 23.3 Å². The molecule has 0 spiro atoms. The molecular formula is C26H31N5O4. The Morgan fingerprint density at radius 3 is 2.34 bits per heavy atom. The van der Waals surface area contributed by atoms with Crippen LogP contribution in [-0.4, -0.2) is 40.0 Å². The summed E-state index contributed by atoms with van der Waals surface area (Å²) in [6.45, 7) is 9.55. The van der Waals surface area contributed by atoms with E-state index in [-0.39, 0.29) is 24.8 Å². The third kappa shape index (κ3) is 7.77. The summed E-state index contributed by atoms with van der Waals surface area (Å²) in [7, 11) is 0. The first-order chi connectivity index (χ1) is 16.5. The molecule has 3 N–H and O–H groups in total. The maximum absolute atomic E-state index is 12.7. The first-order valence-electron chi connectivity index (χ1n) is 11.4. The number of alkyl carbamates (subject to hydrolysis) is 1. The number of benzene rings is 2. The average molecular weight is 478 g/mol. The van der Waals surface area contributed by atoms with Crippen molar-refractivity contribution in [1.82, 2.24) is 20.6 Å². The molecule has 0 saturated heterocycles. The van der Waals surface area contributed by atoms with Crippen molar-refractivity contribution in [2.24, 2.45) is 0 Å². The van der Waals surface area contributed by atoms with E-state index in [2.05, 4.69) is 25.9 Å². The SMILES string of the molecule is Cc1nc2ccc(C(=O)NCc3cccc(NC(=O)CCNC(=O)OC(C)(C)C)c3)cc2nc1C. The second-order valence-electron chi connectivity index (χ2n) is 9.21. The Hall–Kier alpha value is -4.01. The van der Waals surface area contributed by atoms with Crippen LogP contribution in [-0.2, 0) is 16.1 Å². The van der Waals surface area contributed by atoms with Gasteiger partial charge in [0, 0.05) is 30.8 Å². The van der Waals surface area contributed by atoms with Gasteiger partial charge < -0.3 is 20.7 Å². The molecule has 0 fully saturated rings. The summed E-state index contributed by atoms with van der Waals surface area (Å²) in [6.07, 6.45) is -0.462. The van der Waals surface area contributed by atoms with Crippen molar-refractivity contribution < 1.29 is 19.1 Å². The van der Waals surface area contributed by atoms with Gasteiger partial charge in [0.1, 0.15) is 5.60 Å². The number of aryl methyl sites for hydroxylation is 2. The number of ether oxygens (including phenoxy) is 1. The molecule has 9 heteroatoms. The monoisotopic (exact) mass is 477 g/mol. The number of anilines is 1. The van der Waals surface area contributed by atoms with Crippen LogP contribution in [0.1, 0.15) is 54.5 Å². The maximum Gasteiger partial charge on any atom is 0.407 e. The van der Waals surface area contributed by atoms with Crippen molar-refractivity contribution in [2.75, 3.05) is 11.9 Å². The van der Waals surface area contributed by atoms with Crippen LogP contribution in [0.4, 0.5) is 10.5 Å². The summed E-state index contributed by atoms with van der Waals surface area (Å²) in [4.78, 5) is 45.5. The van der Waals surface area contributed by atoms with Gasteiger partial charge in [-0.05, 0) is 70.5 Å². The van der Waals surface area contributed by atoms with Crippen LogP contribution in [0.5, 0.6) is 0 Å². The average Bonchev–Trinajstić information content (AvgIpc) is 2.77. The number of carbonyl (C=O) groups excluding carboxylic acids is 3. The molecule has 35 heavy (non-hydrogen) atoms. The molecule has 0 aliphatic heterocycles. The summed E-state index contributed by atoms with van der Waals surface area (Å²) in [5.41, 5.74) is 4.44. The Balaban J connectivity index is 1.51. The van der Waals surface area contributed by atoms with Gasteiger partial charge in [0.2, 0.25) is 5.91 Å². The smallest absolute Gasteiger partial charge is 0.407 e. The lowest BCUT2D eigenvalue weighted by molar-refractivity contribution is -0.116. The summed E-state index contributed by atoms with van der Waals surface area (Å²) in [6, 6.07) is 12.5. The van der Waals surface area contributed by atoms with E-state index in [1.807, 2.05) is 19.9 Å². The van der Waals surface area contributed by atoms with Crippen LogP contribution in [0.3, 0.4) is 0 Å². The summed E-state index contributed by atoms with van der Waals surface area (Å²) < 4.78 is 5.14. The van der Waals surface area contributed by atoms with E-state index in [1.54, 1.807) is 57.2 Å². The first kappa shape index (κ1) is 25.6. The number of aromatic nitrogens is 2. The van der Waals surface area contributed by atoms with Crippen molar-refractivity contribution >= 4 is 34.6 Å². The minimum Gasteiger partial charge on any atom is -0.444 e. The lowest BCUT2D eigenvalue weighted by atomic mass is 10.1. The molecule has 1 heterocycles. The molecular weight excluding hydrogens is 446 g/mol. The normalized spacial score (nSPS) is 11.1. The fraction of sp³-hybridized carbons (Fsp3) is 0.346. The molecule has 0 aliphatic rings. The predicted molar refractivity (Wildman–Crippen MR) is 134 cm³/mol. The number of carbonyl (C=O) groups is 3. The van der Waals surface area contributed by atoms with E-state index in [0.717, 1.165) is 22.5 Å². The highest BCUT2D eigenvalue weighted by molar-refractivity contribution is 5.97. The van der Waals surface area contributed by atoms with Gasteiger partial charge in [-0.15, -0.1) is 0 Å². The van der Waals surface area contributed by atoms with Crippen molar-refractivity contribution in [1.29, 1.82) is 0 Å². The van der Waals surface area contributed by atoms with E-state index in [4.69, 9.17) is 4.74 Å². The summed E-state index contributed by atoms with van der Waals surface area (Å²) in [5.74, 6) is -0.473. The zero-order chi connectivity index (χ0) is 25.6. The van der Waals surface area contributed by atoms with Crippen LogP contribution >= 0.6 is 0 Å². The van der Waals surface area contributed by atoms with Gasteiger partial charge in [-0.25, -0.2) is 14.8 Å². The molecule has 3 aromatic rings. The molecule has 3 rings (SSSR count). The van der Waals surface area contributed by atoms with E-state index >= 15 is 0 Å². The zero-order valence-corrected chi connectivity index (χ0v) is 20.7. The number of hydrogen-bond donors (Lipinski definition) is 3. The van der Waals surface area contributed by atoms with Gasteiger partial charge in [-0.2, -0.15) is 0 Å². The number of fused-ring (bicyclic) bond motifs is 1. The lowest BCUT2D eigenvalue weighted by Crippen LogP contribution is -2.34. The van der Waals surface area contributed by atoms with Gasteiger partial charge in [-0.1, -0.05) is 12.1 Å². The summed E-state index contributed by atoms with van der Waals surface area (Å²) >= 11 is 0. The molecule has 3 amide bonds. The standard InChI is InChI=1S/C26H31N5O4/c1-16-17(2)30-22-14-19(9-10-21(22)29-16)24(33)28-15-18-7-6-8-20(13-18)31-23(32)11-12-27-25(34)35-26(3,4)5/h6-10,13-14H,11-12,15H2,1-5H3,(H,27,34)(H,28,33)(H,31,32). The molecule has 0 unspecified atom stereocenters. The topological polar surface area (TPSA) is 122 Å². The molecule has 0 bridgehead atoms. The molecule has 0 radical (unpaired) electrons.